The molecule has 2 saturated heterocycles. The second-order valence-corrected chi connectivity index (χ2v) is 8.89. The van der Waals surface area contributed by atoms with Crippen molar-refractivity contribution in [3.05, 3.63) is 65.5 Å². The van der Waals surface area contributed by atoms with E-state index >= 15 is 0 Å². The van der Waals surface area contributed by atoms with Crippen LogP contribution in [0.25, 0.3) is 0 Å². The van der Waals surface area contributed by atoms with Gasteiger partial charge >= 0.3 is 6.18 Å². The minimum atomic E-state index is -4.44. The predicted molar refractivity (Wildman–Crippen MR) is 118 cm³/mol. The van der Waals surface area contributed by atoms with Crippen molar-refractivity contribution in [3.63, 3.8) is 0 Å². The summed E-state index contributed by atoms with van der Waals surface area (Å²) in [5, 5.41) is 3.07. The summed E-state index contributed by atoms with van der Waals surface area (Å²) in [6, 6.07) is 10.6. The van der Waals surface area contributed by atoms with Crippen LogP contribution in [0.3, 0.4) is 0 Å². The Morgan fingerprint density at radius 3 is 2.56 bits per heavy atom. The van der Waals surface area contributed by atoms with Crippen LogP contribution in [0.4, 0.5) is 17.6 Å². The van der Waals surface area contributed by atoms with Crippen molar-refractivity contribution in [2.45, 2.75) is 50.0 Å². The zero-order chi connectivity index (χ0) is 24.3. The average molecular weight is 481 g/mol. The summed E-state index contributed by atoms with van der Waals surface area (Å²) in [5.41, 5.74) is -0.752. The third kappa shape index (κ3) is 5.36. The van der Waals surface area contributed by atoms with Crippen LogP contribution >= 0.6 is 0 Å². The third-order valence-corrected chi connectivity index (χ3v) is 6.67. The molecule has 1 N–H and O–H groups in total. The largest absolute Gasteiger partial charge is 0.489 e. The molecule has 0 saturated carbocycles. The molecule has 0 aliphatic carbocycles. The maximum Gasteiger partial charge on any atom is 0.416 e. The molecular weight excluding hydrogens is 452 g/mol. The molecule has 0 bridgehead atoms. The summed E-state index contributed by atoms with van der Waals surface area (Å²) in [7, 11) is 0. The minimum Gasteiger partial charge on any atom is -0.489 e. The number of nitrogens with one attached hydrogen (secondary N) is 1. The number of carbonyl (C=O) groups excluding carboxylic acids is 1. The van der Waals surface area contributed by atoms with Gasteiger partial charge in [0.1, 0.15) is 23.2 Å². The molecule has 9 heteroatoms. The second kappa shape index (κ2) is 9.92. The Balaban J connectivity index is 1.45. The predicted octanol–water partition coefficient (Wildman–Crippen LogP) is 4.72. The fraction of sp³-hybridized carbons (Fsp3) is 0.480. The monoisotopic (exact) mass is 480 g/mol. The summed E-state index contributed by atoms with van der Waals surface area (Å²) in [4.78, 5) is 15.6. The summed E-state index contributed by atoms with van der Waals surface area (Å²) in [6.07, 6.45) is -3.16. The van der Waals surface area contributed by atoms with E-state index in [1.165, 1.54) is 24.3 Å². The van der Waals surface area contributed by atoms with Crippen molar-refractivity contribution in [2.75, 3.05) is 26.3 Å². The number of nitrogens with zero attached hydrogens (tertiary/aromatic N) is 1. The maximum absolute atomic E-state index is 13.5. The smallest absolute Gasteiger partial charge is 0.416 e. The van der Waals surface area contributed by atoms with E-state index < -0.39 is 17.3 Å². The van der Waals surface area contributed by atoms with Crippen LogP contribution < -0.4 is 10.1 Å². The van der Waals surface area contributed by atoms with Crippen LogP contribution in [-0.2, 0) is 15.7 Å². The molecule has 2 fully saturated rings. The molecule has 1 amide bonds. The van der Waals surface area contributed by atoms with E-state index in [1.807, 2.05) is 6.92 Å². The fourth-order valence-corrected chi connectivity index (χ4v) is 4.71. The van der Waals surface area contributed by atoms with E-state index in [0.29, 0.717) is 45.6 Å². The molecule has 2 aliphatic heterocycles. The molecule has 2 aromatic rings. The number of carbonyl (C=O) groups is 1. The summed E-state index contributed by atoms with van der Waals surface area (Å²) >= 11 is 0. The van der Waals surface area contributed by atoms with E-state index in [1.54, 1.807) is 12.1 Å². The van der Waals surface area contributed by atoms with Crippen LogP contribution in [0.5, 0.6) is 5.75 Å². The lowest BCUT2D eigenvalue weighted by Crippen LogP contribution is -2.61. The lowest BCUT2D eigenvalue weighted by atomic mass is 9.86. The Hall–Kier alpha value is -2.65. The van der Waals surface area contributed by atoms with Gasteiger partial charge in [0, 0.05) is 26.3 Å². The third-order valence-electron chi connectivity index (χ3n) is 6.67. The zero-order valence-electron chi connectivity index (χ0n) is 18.9. The first kappa shape index (κ1) is 24.5. The van der Waals surface area contributed by atoms with E-state index in [-0.39, 0.29) is 29.6 Å². The number of amides is 1. The number of benzene rings is 2. The first-order valence-corrected chi connectivity index (χ1v) is 11.4. The van der Waals surface area contributed by atoms with E-state index in [0.717, 1.165) is 17.7 Å². The number of ether oxygens (including phenoxy) is 2. The van der Waals surface area contributed by atoms with Crippen LogP contribution in [-0.4, -0.2) is 48.8 Å². The number of likely N-dealkylation sites (tertiary alicyclic amines) is 1. The number of rotatable bonds is 6. The van der Waals surface area contributed by atoms with Gasteiger partial charge in [-0.3, -0.25) is 9.69 Å². The van der Waals surface area contributed by atoms with Crippen molar-refractivity contribution in [2.24, 2.45) is 0 Å². The minimum absolute atomic E-state index is 0.132. The highest BCUT2D eigenvalue weighted by Crippen LogP contribution is 2.35. The Labute approximate surface area is 196 Å². The van der Waals surface area contributed by atoms with Crippen molar-refractivity contribution in [1.82, 2.24) is 10.2 Å². The van der Waals surface area contributed by atoms with Gasteiger partial charge in [0.15, 0.2) is 0 Å². The molecule has 0 aromatic heterocycles. The quantitative estimate of drug-likeness (QED) is 0.608. The molecule has 5 nitrogen and oxygen atoms in total. The molecule has 34 heavy (non-hydrogen) atoms. The zero-order valence-corrected chi connectivity index (χ0v) is 18.9. The molecule has 184 valence electrons. The highest BCUT2D eigenvalue weighted by molar-refractivity contribution is 5.87. The highest BCUT2D eigenvalue weighted by atomic mass is 19.4. The fourth-order valence-electron chi connectivity index (χ4n) is 4.71. The molecular formula is C25H28F4N2O3. The number of hydrogen-bond acceptors (Lipinski definition) is 4. The number of alkyl halides is 3. The second-order valence-electron chi connectivity index (χ2n) is 8.89. The summed E-state index contributed by atoms with van der Waals surface area (Å²) in [5.74, 6) is -0.309. The van der Waals surface area contributed by atoms with Gasteiger partial charge in [-0.05, 0) is 62.1 Å². The van der Waals surface area contributed by atoms with E-state index in [2.05, 4.69) is 10.2 Å². The Bertz CT molecular complexity index is 990. The van der Waals surface area contributed by atoms with Gasteiger partial charge in [-0.15, -0.1) is 0 Å². The number of halogens is 4. The lowest BCUT2D eigenvalue weighted by molar-refractivity contribution is -0.141. The van der Waals surface area contributed by atoms with Gasteiger partial charge in [0.05, 0.1) is 11.6 Å². The van der Waals surface area contributed by atoms with Crippen molar-refractivity contribution >= 4 is 5.91 Å². The van der Waals surface area contributed by atoms with Gasteiger partial charge in [0.2, 0.25) is 5.91 Å². The van der Waals surface area contributed by atoms with Crippen molar-refractivity contribution < 1.29 is 31.8 Å². The molecule has 4 rings (SSSR count). The molecule has 2 heterocycles. The van der Waals surface area contributed by atoms with Gasteiger partial charge in [0.25, 0.3) is 0 Å². The number of hydrogen-bond donors (Lipinski definition) is 1. The highest BCUT2D eigenvalue weighted by Gasteiger charge is 2.48. The SMILES string of the molecule is C[C@H](NC(=O)C1(N2CC[C@@H](Oc3cccc(C(F)(F)F)c3)C2)CCOCC1)c1ccc(F)cc1. The van der Waals surface area contributed by atoms with Crippen LogP contribution in [0.2, 0.25) is 0 Å². The molecule has 0 spiro atoms. The summed E-state index contributed by atoms with van der Waals surface area (Å²) < 4.78 is 63.8. The summed E-state index contributed by atoms with van der Waals surface area (Å²) in [6.45, 7) is 3.74. The molecule has 2 aromatic carbocycles. The lowest BCUT2D eigenvalue weighted by Gasteiger charge is -2.43. The van der Waals surface area contributed by atoms with E-state index in [9.17, 15) is 22.4 Å². The first-order chi connectivity index (χ1) is 16.2. The molecule has 2 atom stereocenters. The van der Waals surface area contributed by atoms with Gasteiger partial charge in [-0.2, -0.15) is 13.2 Å². The molecule has 2 aliphatic rings. The average Bonchev–Trinajstić information content (AvgIpc) is 3.28. The maximum atomic E-state index is 13.5. The first-order valence-electron chi connectivity index (χ1n) is 11.4. The Morgan fingerprint density at radius 2 is 1.88 bits per heavy atom. The van der Waals surface area contributed by atoms with Gasteiger partial charge < -0.3 is 14.8 Å². The van der Waals surface area contributed by atoms with Crippen LogP contribution in [0, 0.1) is 5.82 Å². The van der Waals surface area contributed by atoms with Gasteiger partial charge in [-0.25, -0.2) is 4.39 Å². The van der Waals surface area contributed by atoms with Crippen LogP contribution in [0.15, 0.2) is 48.5 Å². The van der Waals surface area contributed by atoms with Gasteiger partial charge in [-0.1, -0.05) is 18.2 Å². The Kier molecular flexibility index (Phi) is 7.14. The van der Waals surface area contributed by atoms with Crippen LogP contribution in [0.1, 0.15) is 43.4 Å². The van der Waals surface area contributed by atoms with Crippen molar-refractivity contribution in [1.29, 1.82) is 0 Å². The van der Waals surface area contributed by atoms with Crippen molar-refractivity contribution in [3.8, 4) is 5.75 Å². The standard InChI is InChI=1S/C25H28F4N2O3/c1-17(18-5-7-20(26)8-6-18)30-23(32)24(10-13-33-14-11-24)31-12-9-22(16-31)34-21-4-2-3-19(15-21)25(27,28)29/h2-8,15,17,22H,9-14,16H2,1H3,(H,30,32)/t17-,22+/m0/s1. The Morgan fingerprint density at radius 1 is 1.18 bits per heavy atom. The normalized spacial score (nSPS) is 21.7. The molecule has 0 radical (unpaired) electrons. The van der Waals surface area contributed by atoms with E-state index in [4.69, 9.17) is 9.47 Å². The topological polar surface area (TPSA) is 50.8 Å². The molecule has 0 unspecified atom stereocenters.